The molecule has 8 heteroatoms. The highest BCUT2D eigenvalue weighted by molar-refractivity contribution is 5.69. The van der Waals surface area contributed by atoms with E-state index in [1.165, 1.54) is 6.33 Å². The van der Waals surface area contributed by atoms with Crippen LogP contribution in [0.1, 0.15) is 24.4 Å². The Morgan fingerprint density at radius 2 is 2.00 bits per heavy atom. The number of aromatic nitrogens is 6. The van der Waals surface area contributed by atoms with Crippen molar-refractivity contribution in [3.05, 3.63) is 66.6 Å². The number of nitrogens with one attached hydrogen (secondary N) is 1. The fourth-order valence-corrected chi connectivity index (χ4v) is 2.65. The molecule has 4 aromatic rings. The summed E-state index contributed by atoms with van der Waals surface area (Å²) in [6, 6.07) is 11.9. The number of hydrogen-bond donors (Lipinski definition) is 1. The molecule has 0 spiro atoms. The molecule has 3 heterocycles. The molecule has 1 aromatic carbocycles. The van der Waals surface area contributed by atoms with E-state index in [-0.39, 0.29) is 6.04 Å². The van der Waals surface area contributed by atoms with Crippen molar-refractivity contribution in [2.75, 3.05) is 5.32 Å². The highest BCUT2D eigenvalue weighted by atomic mass is 16.5. The molecular weight excluding hydrogens is 330 g/mol. The lowest BCUT2D eigenvalue weighted by Crippen LogP contribution is -2.09. The second-order valence-electron chi connectivity index (χ2n) is 5.84. The molecule has 0 aliphatic carbocycles. The van der Waals surface area contributed by atoms with Gasteiger partial charge in [-0.25, -0.2) is 14.6 Å². The Kier molecular flexibility index (Phi) is 4.14. The van der Waals surface area contributed by atoms with Crippen molar-refractivity contribution in [2.45, 2.75) is 19.9 Å². The molecule has 26 heavy (non-hydrogen) atoms. The van der Waals surface area contributed by atoms with Crippen molar-refractivity contribution >= 4 is 5.82 Å². The first-order chi connectivity index (χ1) is 12.7. The van der Waals surface area contributed by atoms with Crippen molar-refractivity contribution in [1.82, 2.24) is 29.9 Å². The molecule has 1 atom stereocenters. The number of nitrogens with zero attached hydrogens (tertiary/aromatic N) is 6. The van der Waals surface area contributed by atoms with Crippen LogP contribution in [0.15, 0.2) is 59.8 Å². The SMILES string of the molecule is Cc1noc(-c2cccnc2NC(C)c2ccc(-n3cncn3)cc2)n1. The average Bonchev–Trinajstić information content (AvgIpc) is 3.34. The lowest BCUT2D eigenvalue weighted by molar-refractivity contribution is 0.425. The number of benzene rings is 1. The Hall–Kier alpha value is -3.55. The van der Waals surface area contributed by atoms with Crippen molar-refractivity contribution < 1.29 is 4.52 Å². The van der Waals surface area contributed by atoms with Gasteiger partial charge < -0.3 is 9.84 Å². The topological polar surface area (TPSA) is 94.6 Å². The largest absolute Gasteiger partial charge is 0.363 e. The normalized spacial score (nSPS) is 12.1. The quantitative estimate of drug-likeness (QED) is 0.592. The van der Waals surface area contributed by atoms with E-state index >= 15 is 0 Å². The molecule has 0 radical (unpaired) electrons. The van der Waals surface area contributed by atoms with Crippen LogP contribution in [-0.4, -0.2) is 29.9 Å². The second-order valence-corrected chi connectivity index (χ2v) is 5.84. The van der Waals surface area contributed by atoms with Crippen LogP contribution in [0.25, 0.3) is 17.1 Å². The summed E-state index contributed by atoms with van der Waals surface area (Å²) in [5.41, 5.74) is 2.85. The monoisotopic (exact) mass is 347 g/mol. The zero-order valence-corrected chi connectivity index (χ0v) is 14.4. The Balaban J connectivity index is 1.56. The number of aryl methyl sites for hydroxylation is 1. The predicted octanol–water partition coefficient (Wildman–Crippen LogP) is 3.19. The minimum Gasteiger partial charge on any atom is -0.363 e. The molecule has 0 bridgehead atoms. The van der Waals surface area contributed by atoms with Crippen LogP contribution in [0, 0.1) is 6.92 Å². The Labute approximate surface area is 149 Å². The van der Waals surface area contributed by atoms with E-state index in [4.69, 9.17) is 4.52 Å². The maximum atomic E-state index is 5.28. The molecule has 3 aromatic heterocycles. The number of rotatable bonds is 5. The Morgan fingerprint density at radius 1 is 1.15 bits per heavy atom. The highest BCUT2D eigenvalue weighted by Gasteiger charge is 2.15. The van der Waals surface area contributed by atoms with E-state index in [0.29, 0.717) is 17.5 Å². The Bertz CT molecular complexity index is 993. The first-order valence-corrected chi connectivity index (χ1v) is 8.18. The van der Waals surface area contributed by atoms with Gasteiger partial charge in [0.2, 0.25) is 0 Å². The van der Waals surface area contributed by atoms with Crippen molar-refractivity contribution in [3.63, 3.8) is 0 Å². The van der Waals surface area contributed by atoms with Gasteiger partial charge in [-0.1, -0.05) is 17.3 Å². The number of anilines is 1. The summed E-state index contributed by atoms with van der Waals surface area (Å²) < 4.78 is 7.00. The zero-order chi connectivity index (χ0) is 17.9. The van der Waals surface area contributed by atoms with E-state index in [0.717, 1.165) is 16.8 Å². The predicted molar refractivity (Wildman–Crippen MR) is 95.7 cm³/mol. The third kappa shape index (κ3) is 3.16. The summed E-state index contributed by atoms with van der Waals surface area (Å²) in [6.07, 6.45) is 4.92. The minimum atomic E-state index is 0.0393. The molecule has 0 aliphatic heterocycles. The van der Waals surface area contributed by atoms with E-state index < -0.39 is 0 Å². The van der Waals surface area contributed by atoms with Crippen molar-refractivity contribution in [1.29, 1.82) is 0 Å². The average molecular weight is 347 g/mol. The van der Waals surface area contributed by atoms with E-state index in [9.17, 15) is 0 Å². The van der Waals surface area contributed by atoms with Gasteiger partial charge in [-0.3, -0.25) is 0 Å². The minimum absolute atomic E-state index is 0.0393. The third-order valence-electron chi connectivity index (χ3n) is 4.00. The number of pyridine rings is 1. The van der Waals surface area contributed by atoms with Crippen LogP contribution in [0.2, 0.25) is 0 Å². The standard InChI is InChI=1S/C18H17N7O/c1-12(14-5-7-15(8-6-14)25-11-19-10-21-25)22-17-16(4-3-9-20-17)18-23-13(2)24-26-18/h3-12H,1-2H3,(H,20,22). The fourth-order valence-electron chi connectivity index (χ4n) is 2.65. The summed E-state index contributed by atoms with van der Waals surface area (Å²) in [4.78, 5) is 12.7. The van der Waals surface area contributed by atoms with E-state index in [2.05, 4.69) is 37.4 Å². The van der Waals surface area contributed by atoms with Crippen molar-refractivity contribution in [3.8, 4) is 17.1 Å². The lowest BCUT2D eigenvalue weighted by atomic mass is 10.1. The van der Waals surface area contributed by atoms with Gasteiger partial charge in [-0.05, 0) is 43.7 Å². The van der Waals surface area contributed by atoms with E-state index in [1.54, 1.807) is 24.1 Å². The molecular formula is C18H17N7O. The zero-order valence-electron chi connectivity index (χ0n) is 14.4. The lowest BCUT2D eigenvalue weighted by Gasteiger charge is -2.16. The fraction of sp³-hybridized carbons (Fsp3) is 0.167. The van der Waals surface area contributed by atoms with Gasteiger partial charge in [0.1, 0.15) is 18.5 Å². The van der Waals surface area contributed by atoms with Gasteiger partial charge in [0.15, 0.2) is 5.82 Å². The van der Waals surface area contributed by atoms with Gasteiger partial charge >= 0.3 is 0 Å². The molecule has 0 saturated carbocycles. The van der Waals surface area contributed by atoms with Gasteiger partial charge in [0.25, 0.3) is 5.89 Å². The molecule has 0 amide bonds. The van der Waals surface area contributed by atoms with Crippen LogP contribution in [0.4, 0.5) is 5.82 Å². The summed E-state index contributed by atoms with van der Waals surface area (Å²) >= 11 is 0. The van der Waals surface area contributed by atoms with Crippen LogP contribution in [-0.2, 0) is 0 Å². The van der Waals surface area contributed by atoms with Crippen LogP contribution in [0.5, 0.6) is 0 Å². The maximum absolute atomic E-state index is 5.28. The summed E-state index contributed by atoms with van der Waals surface area (Å²) in [6.45, 7) is 3.86. The maximum Gasteiger partial charge on any atom is 0.261 e. The smallest absolute Gasteiger partial charge is 0.261 e. The van der Waals surface area contributed by atoms with E-state index in [1.807, 2.05) is 36.4 Å². The van der Waals surface area contributed by atoms with Crippen molar-refractivity contribution in [2.24, 2.45) is 0 Å². The van der Waals surface area contributed by atoms with Crippen LogP contribution < -0.4 is 5.32 Å². The first-order valence-electron chi connectivity index (χ1n) is 8.18. The van der Waals surface area contributed by atoms with Gasteiger partial charge in [-0.2, -0.15) is 10.1 Å². The molecule has 130 valence electrons. The molecule has 0 fully saturated rings. The molecule has 4 rings (SSSR count). The molecule has 0 saturated heterocycles. The van der Waals surface area contributed by atoms with Gasteiger partial charge in [-0.15, -0.1) is 0 Å². The van der Waals surface area contributed by atoms with Gasteiger partial charge in [0, 0.05) is 12.2 Å². The molecule has 8 nitrogen and oxygen atoms in total. The van der Waals surface area contributed by atoms with Gasteiger partial charge in [0.05, 0.1) is 11.3 Å². The molecule has 0 aliphatic rings. The Morgan fingerprint density at radius 3 is 2.69 bits per heavy atom. The van der Waals surface area contributed by atoms with Crippen LogP contribution >= 0.6 is 0 Å². The highest BCUT2D eigenvalue weighted by Crippen LogP contribution is 2.27. The second kappa shape index (κ2) is 6.75. The first kappa shape index (κ1) is 15.9. The summed E-state index contributed by atoms with van der Waals surface area (Å²) in [7, 11) is 0. The molecule has 1 unspecified atom stereocenters. The third-order valence-corrected chi connectivity index (χ3v) is 4.00. The number of hydrogen-bond acceptors (Lipinski definition) is 7. The summed E-state index contributed by atoms with van der Waals surface area (Å²) in [5.74, 6) is 1.74. The summed E-state index contributed by atoms with van der Waals surface area (Å²) in [5, 5.41) is 11.4. The molecule has 1 N–H and O–H groups in total. The van der Waals surface area contributed by atoms with Crippen LogP contribution in [0.3, 0.4) is 0 Å².